The van der Waals surface area contributed by atoms with Gasteiger partial charge in [0.2, 0.25) is 5.82 Å². The molecule has 1 fully saturated rings. The van der Waals surface area contributed by atoms with E-state index in [4.69, 9.17) is 5.11 Å². The third-order valence-corrected chi connectivity index (χ3v) is 3.31. The Kier molecular flexibility index (Phi) is 3.32. The quantitative estimate of drug-likeness (QED) is 0.895. The van der Waals surface area contributed by atoms with E-state index < -0.39 is 5.97 Å². The maximum Gasteiger partial charge on any atom is 0.327 e. The van der Waals surface area contributed by atoms with Crippen LogP contribution >= 0.6 is 0 Å². The molecule has 1 aromatic carbocycles. The predicted octanol–water partition coefficient (Wildman–Crippen LogP) is 1.02. The van der Waals surface area contributed by atoms with Gasteiger partial charge in [0.25, 0.3) is 0 Å². The average Bonchev–Trinajstić information content (AvgIpc) is 3.09. The number of hydrogen-bond acceptors (Lipinski definition) is 5. The molecule has 1 saturated heterocycles. The highest BCUT2D eigenvalue weighted by atomic mass is 16.4. The van der Waals surface area contributed by atoms with E-state index in [0.29, 0.717) is 5.82 Å². The SMILES string of the molecule is O=C(O)Cn1nnc(-c2cccc(N3CCCC3)c2)n1. The van der Waals surface area contributed by atoms with Gasteiger partial charge in [-0.2, -0.15) is 4.80 Å². The van der Waals surface area contributed by atoms with Gasteiger partial charge < -0.3 is 10.0 Å². The van der Waals surface area contributed by atoms with E-state index in [0.717, 1.165) is 29.1 Å². The van der Waals surface area contributed by atoms with Crippen LogP contribution in [0.5, 0.6) is 0 Å². The zero-order valence-electron chi connectivity index (χ0n) is 10.9. The summed E-state index contributed by atoms with van der Waals surface area (Å²) in [5.41, 5.74) is 2.00. The van der Waals surface area contributed by atoms with Crippen molar-refractivity contribution in [2.75, 3.05) is 18.0 Å². The van der Waals surface area contributed by atoms with Crippen molar-refractivity contribution in [3.8, 4) is 11.4 Å². The zero-order valence-corrected chi connectivity index (χ0v) is 10.9. The molecule has 0 saturated carbocycles. The fourth-order valence-corrected chi connectivity index (χ4v) is 2.36. The first-order valence-electron chi connectivity index (χ1n) is 6.57. The number of carboxylic acids is 1. The Hall–Kier alpha value is -2.44. The first kappa shape index (κ1) is 12.6. The van der Waals surface area contributed by atoms with Crippen LogP contribution in [0, 0.1) is 0 Å². The lowest BCUT2D eigenvalue weighted by Gasteiger charge is -2.17. The van der Waals surface area contributed by atoms with Gasteiger partial charge in [0, 0.05) is 24.3 Å². The van der Waals surface area contributed by atoms with Crippen LogP contribution in [-0.2, 0) is 11.3 Å². The van der Waals surface area contributed by atoms with Gasteiger partial charge in [-0.3, -0.25) is 4.79 Å². The fraction of sp³-hybridized carbons (Fsp3) is 0.385. The predicted molar refractivity (Wildman–Crippen MR) is 72.3 cm³/mol. The summed E-state index contributed by atoms with van der Waals surface area (Å²) in [6.07, 6.45) is 2.44. The monoisotopic (exact) mass is 273 g/mol. The van der Waals surface area contributed by atoms with E-state index in [1.54, 1.807) is 0 Å². The lowest BCUT2D eigenvalue weighted by atomic mass is 10.2. The van der Waals surface area contributed by atoms with E-state index in [1.807, 2.05) is 18.2 Å². The Morgan fingerprint density at radius 1 is 1.30 bits per heavy atom. The molecule has 2 heterocycles. The summed E-state index contributed by atoms with van der Waals surface area (Å²) in [5, 5.41) is 20.4. The minimum absolute atomic E-state index is 0.279. The van der Waals surface area contributed by atoms with Crippen LogP contribution in [0.1, 0.15) is 12.8 Å². The minimum atomic E-state index is -0.986. The highest BCUT2D eigenvalue weighted by Crippen LogP contribution is 2.24. The number of aliphatic carboxylic acids is 1. The number of tetrazole rings is 1. The van der Waals surface area contributed by atoms with Crippen LogP contribution in [0.4, 0.5) is 5.69 Å². The van der Waals surface area contributed by atoms with Crippen molar-refractivity contribution >= 4 is 11.7 Å². The van der Waals surface area contributed by atoms with E-state index in [9.17, 15) is 4.79 Å². The summed E-state index contributed by atoms with van der Waals surface area (Å²) in [6, 6.07) is 7.95. The first-order valence-corrected chi connectivity index (χ1v) is 6.57. The molecule has 0 bridgehead atoms. The number of anilines is 1. The molecule has 1 aliphatic heterocycles. The number of benzene rings is 1. The third-order valence-electron chi connectivity index (χ3n) is 3.31. The van der Waals surface area contributed by atoms with Gasteiger partial charge in [0.15, 0.2) is 6.54 Å². The number of carbonyl (C=O) groups is 1. The molecule has 3 rings (SSSR count). The van der Waals surface area contributed by atoms with Crippen LogP contribution in [0.25, 0.3) is 11.4 Å². The van der Waals surface area contributed by atoms with Crippen molar-refractivity contribution in [2.24, 2.45) is 0 Å². The molecule has 0 aliphatic carbocycles. The van der Waals surface area contributed by atoms with Crippen molar-refractivity contribution in [3.63, 3.8) is 0 Å². The molecule has 20 heavy (non-hydrogen) atoms. The first-order chi connectivity index (χ1) is 9.72. The summed E-state index contributed by atoms with van der Waals surface area (Å²) in [5.74, 6) is -0.535. The highest BCUT2D eigenvalue weighted by Gasteiger charge is 2.14. The summed E-state index contributed by atoms with van der Waals surface area (Å²) in [7, 11) is 0. The maximum atomic E-state index is 10.6. The van der Waals surface area contributed by atoms with Gasteiger partial charge in [-0.15, -0.1) is 10.2 Å². The Morgan fingerprint density at radius 2 is 2.10 bits per heavy atom. The molecule has 1 aliphatic rings. The second kappa shape index (κ2) is 5.28. The van der Waals surface area contributed by atoms with Crippen LogP contribution in [0.2, 0.25) is 0 Å². The highest BCUT2D eigenvalue weighted by molar-refractivity contribution is 5.66. The standard InChI is InChI=1S/C13H15N5O2/c19-12(20)9-18-15-13(14-16-18)10-4-3-5-11(8-10)17-6-1-2-7-17/h3-5,8H,1-2,6-7,9H2,(H,19,20). The molecular weight excluding hydrogens is 258 g/mol. The number of carboxylic acid groups (broad SMARTS) is 1. The van der Waals surface area contributed by atoms with Crippen LogP contribution in [-0.4, -0.2) is 44.4 Å². The van der Waals surface area contributed by atoms with Crippen LogP contribution < -0.4 is 4.90 Å². The summed E-state index contributed by atoms with van der Waals surface area (Å²) >= 11 is 0. The van der Waals surface area contributed by atoms with E-state index >= 15 is 0 Å². The number of rotatable bonds is 4. The lowest BCUT2D eigenvalue weighted by Crippen LogP contribution is -2.17. The van der Waals surface area contributed by atoms with Gasteiger partial charge >= 0.3 is 5.97 Å². The van der Waals surface area contributed by atoms with Gasteiger partial charge in [0.05, 0.1) is 0 Å². The molecule has 0 unspecified atom stereocenters. The average molecular weight is 273 g/mol. The van der Waals surface area contributed by atoms with Crippen LogP contribution in [0.15, 0.2) is 24.3 Å². The van der Waals surface area contributed by atoms with Gasteiger partial charge in [-0.1, -0.05) is 12.1 Å². The van der Waals surface area contributed by atoms with Crippen molar-refractivity contribution < 1.29 is 9.90 Å². The smallest absolute Gasteiger partial charge is 0.327 e. The third kappa shape index (κ3) is 2.61. The Balaban J connectivity index is 1.84. The van der Waals surface area contributed by atoms with Crippen molar-refractivity contribution in [1.82, 2.24) is 20.2 Å². The second-order valence-corrected chi connectivity index (χ2v) is 4.78. The summed E-state index contributed by atoms with van der Waals surface area (Å²) in [4.78, 5) is 14.0. The molecule has 2 aromatic rings. The fourth-order valence-electron chi connectivity index (χ4n) is 2.36. The molecule has 0 atom stereocenters. The van der Waals surface area contributed by atoms with Crippen LogP contribution in [0.3, 0.4) is 0 Å². The van der Waals surface area contributed by atoms with Crippen molar-refractivity contribution in [3.05, 3.63) is 24.3 Å². The maximum absolute atomic E-state index is 10.6. The van der Waals surface area contributed by atoms with Crippen molar-refractivity contribution in [2.45, 2.75) is 19.4 Å². The van der Waals surface area contributed by atoms with E-state index in [1.165, 1.54) is 12.8 Å². The van der Waals surface area contributed by atoms with E-state index in [2.05, 4.69) is 26.4 Å². The molecule has 1 aromatic heterocycles. The minimum Gasteiger partial charge on any atom is -0.480 e. The number of hydrogen-bond donors (Lipinski definition) is 1. The second-order valence-electron chi connectivity index (χ2n) is 4.78. The molecule has 0 radical (unpaired) electrons. The van der Waals surface area contributed by atoms with Gasteiger partial charge in [0.1, 0.15) is 0 Å². The van der Waals surface area contributed by atoms with Gasteiger partial charge in [-0.25, -0.2) is 0 Å². The Bertz CT molecular complexity index is 619. The summed E-state index contributed by atoms with van der Waals surface area (Å²) < 4.78 is 0. The number of nitrogens with zero attached hydrogens (tertiary/aromatic N) is 5. The van der Waals surface area contributed by atoms with Crippen molar-refractivity contribution in [1.29, 1.82) is 0 Å². The topological polar surface area (TPSA) is 84.1 Å². The van der Waals surface area contributed by atoms with Gasteiger partial charge in [-0.05, 0) is 30.2 Å². The molecule has 104 valence electrons. The molecule has 1 N–H and O–H groups in total. The lowest BCUT2D eigenvalue weighted by molar-refractivity contribution is -0.138. The van der Waals surface area contributed by atoms with E-state index in [-0.39, 0.29) is 6.54 Å². The largest absolute Gasteiger partial charge is 0.480 e. The molecular formula is C13H15N5O2. The zero-order chi connectivity index (χ0) is 13.9. The summed E-state index contributed by atoms with van der Waals surface area (Å²) in [6.45, 7) is 1.87. The Morgan fingerprint density at radius 3 is 2.85 bits per heavy atom. The molecule has 0 spiro atoms. The number of aromatic nitrogens is 4. The molecule has 7 heteroatoms. The molecule has 7 nitrogen and oxygen atoms in total. The normalized spacial score (nSPS) is 14.7. The molecule has 0 amide bonds. The Labute approximate surface area is 115 Å².